The van der Waals surface area contributed by atoms with Crippen LogP contribution in [-0.4, -0.2) is 11.7 Å². The molecule has 82 valence electrons. The van der Waals surface area contributed by atoms with Crippen molar-refractivity contribution in [3.05, 3.63) is 29.8 Å². The van der Waals surface area contributed by atoms with Crippen molar-refractivity contribution in [2.75, 3.05) is 5.32 Å². The molecule has 0 aliphatic rings. The first-order valence-electron chi connectivity index (χ1n) is 5.49. The number of rotatable bonds is 1. The zero-order valence-corrected chi connectivity index (χ0v) is 9.33. The van der Waals surface area contributed by atoms with Crippen molar-refractivity contribution in [2.45, 2.75) is 33.3 Å². The van der Waals surface area contributed by atoms with Gasteiger partial charge in [0.25, 0.3) is 0 Å². The van der Waals surface area contributed by atoms with Crippen LogP contribution in [0.1, 0.15) is 27.7 Å². The summed E-state index contributed by atoms with van der Waals surface area (Å²) in [5, 5.41) is 2.63. The first-order valence-corrected chi connectivity index (χ1v) is 4.79. The number of aryl methyl sites for hydroxylation is 1. The van der Waals surface area contributed by atoms with Crippen molar-refractivity contribution >= 4 is 11.8 Å². The summed E-state index contributed by atoms with van der Waals surface area (Å²) in [5.74, 6) is 0. The lowest BCUT2D eigenvalue weighted by Gasteiger charge is -2.19. The molecule has 1 rings (SSSR count). The van der Waals surface area contributed by atoms with E-state index in [1.54, 1.807) is 24.3 Å². The predicted octanol–water partition coefficient (Wildman–Crippen LogP) is 3.34. The maximum Gasteiger partial charge on any atom is 0.412 e. The van der Waals surface area contributed by atoms with E-state index in [1.807, 2.05) is 20.8 Å². The minimum absolute atomic E-state index is 0.243. The highest BCUT2D eigenvalue weighted by Gasteiger charge is 2.15. The lowest BCUT2D eigenvalue weighted by atomic mass is 10.2. The van der Waals surface area contributed by atoms with E-state index in [0.717, 1.165) is 5.56 Å². The van der Waals surface area contributed by atoms with Gasteiger partial charge in [-0.15, -0.1) is 0 Å². The van der Waals surface area contributed by atoms with E-state index in [-0.39, 0.29) is 6.90 Å². The van der Waals surface area contributed by atoms with E-state index < -0.39 is 11.7 Å². The minimum atomic E-state index is -0.495. The molecule has 1 aromatic carbocycles. The van der Waals surface area contributed by atoms with Gasteiger partial charge in [-0.3, -0.25) is 5.32 Å². The summed E-state index contributed by atoms with van der Waals surface area (Å²) in [6.07, 6.45) is -0.467. The quantitative estimate of drug-likeness (QED) is 0.768. The van der Waals surface area contributed by atoms with E-state index in [1.165, 1.54) is 0 Å². The van der Waals surface area contributed by atoms with Gasteiger partial charge in [0.05, 0.1) is 0 Å². The van der Waals surface area contributed by atoms with Gasteiger partial charge in [0, 0.05) is 7.06 Å². The first-order chi connectivity index (χ1) is 7.40. The van der Waals surface area contributed by atoms with Crippen LogP contribution in [0.15, 0.2) is 24.3 Å². The molecule has 0 atom stereocenters. The highest BCUT2D eigenvalue weighted by molar-refractivity contribution is 5.84. The topological polar surface area (TPSA) is 38.3 Å². The lowest BCUT2D eigenvalue weighted by molar-refractivity contribution is 0.0636. The standard InChI is InChI=1S/C12H17NO2/c1-9-5-7-10(8-6-9)13-11(14)15-12(2,3)4/h5-8H,1-4H3,(H,13,14)/i1D. The number of anilines is 1. The molecule has 0 aliphatic carbocycles. The SMILES string of the molecule is [2H]Cc1ccc(NC(=O)OC(C)(C)C)cc1. The van der Waals surface area contributed by atoms with Crippen LogP contribution in [0.5, 0.6) is 0 Å². The number of benzene rings is 1. The number of hydrogen-bond donors (Lipinski definition) is 1. The van der Waals surface area contributed by atoms with Crippen molar-refractivity contribution in [1.82, 2.24) is 0 Å². The normalized spacial score (nSPS) is 11.8. The highest BCUT2D eigenvalue weighted by atomic mass is 16.6. The number of carbonyl (C=O) groups excluding carboxylic acids is 1. The van der Waals surface area contributed by atoms with Crippen LogP contribution in [0, 0.1) is 6.90 Å². The molecule has 1 amide bonds. The number of nitrogens with one attached hydrogen (secondary N) is 1. The Balaban J connectivity index is 2.56. The summed E-state index contributed by atoms with van der Waals surface area (Å²) < 4.78 is 12.3. The van der Waals surface area contributed by atoms with Crippen molar-refractivity contribution in [1.29, 1.82) is 0 Å². The molecule has 1 aromatic rings. The van der Waals surface area contributed by atoms with Crippen molar-refractivity contribution < 1.29 is 10.9 Å². The van der Waals surface area contributed by atoms with Gasteiger partial charge in [0.15, 0.2) is 0 Å². The average Bonchev–Trinajstić information content (AvgIpc) is 2.16. The monoisotopic (exact) mass is 208 g/mol. The molecule has 0 saturated heterocycles. The molecule has 3 heteroatoms. The maximum atomic E-state index is 11.4. The maximum absolute atomic E-state index is 11.4. The fourth-order valence-electron chi connectivity index (χ4n) is 1.01. The number of carbonyl (C=O) groups is 1. The molecule has 3 nitrogen and oxygen atoms in total. The van der Waals surface area contributed by atoms with Crippen LogP contribution in [0.3, 0.4) is 0 Å². The van der Waals surface area contributed by atoms with Gasteiger partial charge in [0.1, 0.15) is 5.60 Å². The van der Waals surface area contributed by atoms with Crippen molar-refractivity contribution in [3.63, 3.8) is 0 Å². The predicted molar refractivity (Wildman–Crippen MR) is 61.0 cm³/mol. The third-order valence-corrected chi connectivity index (χ3v) is 1.60. The molecule has 0 fully saturated rings. The molecule has 0 bridgehead atoms. The lowest BCUT2D eigenvalue weighted by Crippen LogP contribution is -2.27. The Morgan fingerprint density at radius 3 is 2.40 bits per heavy atom. The molecular weight excluding hydrogens is 190 g/mol. The van der Waals surface area contributed by atoms with E-state index in [4.69, 9.17) is 6.11 Å². The Hall–Kier alpha value is -1.51. The third-order valence-electron chi connectivity index (χ3n) is 1.60. The Morgan fingerprint density at radius 2 is 1.93 bits per heavy atom. The van der Waals surface area contributed by atoms with Crippen LogP contribution >= 0.6 is 0 Å². The van der Waals surface area contributed by atoms with E-state index in [9.17, 15) is 4.79 Å². The third kappa shape index (κ3) is 4.49. The largest absolute Gasteiger partial charge is 0.444 e. The van der Waals surface area contributed by atoms with E-state index >= 15 is 0 Å². The number of ether oxygens (including phenoxy) is 1. The van der Waals surface area contributed by atoms with Gasteiger partial charge in [-0.2, -0.15) is 0 Å². The zero-order chi connectivity index (χ0) is 12.2. The van der Waals surface area contributed by atoms with Crippen molar-refractivity contribution in [2.24, 2.45) is 0 Å². The second kappa shape index (κ2) is 4.34. The molecule has 0 aliphatic heterocycles. The summed E-state index contributed by atoms with van der Waals surface area (Å²) in [5.41, 5.74) is 1.09. The van der Waals surface area contributed by atoms with Crippen LogP contribution in [-0.2, 0) is 4.74 Å². The second-order valence-corrected chi connectivity index (χ2v) is 4.32. The molecule has 0 saturated carbocycles. The molecule has 0 radical (unpaired) electrons. The molecular formula is C12H17NO2. The Morgan fingerprint density at radius 1 is 1.33 bits per heavy atom. The second-order valence-electron chi connectivity index (χ2n) is 4.32. The Labute approximate surface area is 91.9 Å². The van der Waals surface area contributed by atoms with Gasteiger partial charge in [-0.1, -0.05) is 17.7 Å². The van der Waals surface area contributed by atoms with Crippen molar-refractivity contribution in [3.8, 4) is 0 Å². The highest BCUT2D eigenvalue weighted by Crippen LogP contribution is 2.12. The van der Waals surface area contributed by atoms with Crippen LogP contribution < -0.4 is 5.32 Å². The van der Waals surface area contributed by atoms with Crippen LogP contribution in [0.25, 0.3) is 0 Å². The van der Waals surface area contributed by atoms with Gasteiger partial charge >= 0.3 is 6.09 Å². The molecule has 0 aromatic heterocycles. The van der Waals surface area contributed by atoms with Gasteiger partial charge in [-0.05, 0) is 39.8 Å². The molecule has 1 N–H and O–H groups in total. The minimum Gasteiger partial charge on any atom is -0.444 e. The Kier molecular flexibility index (Phi) is 2.90. The summed E-state index contributed by atoms with van der Waals surface area (Å²) >= 11 is 0. The summed E-state index contributed by atoms with van der Waals surface area (Å²) in [6, 6.07) is 7.13. The number of hydrogen-bond acceptors (Lipinski definition) is 2. The summed E-state index contributed by atoms with van der Waals surface area (Å²) in [7, 11) is 0. The van der Waals surface area contributed by atoms with E-state index in [0.29, 0.717) is 5.69 Å². The zero-order valence-electron chi connectivity index (χ0n) is 10.3. The molecule has 15 heavy (non-hydrogen) atoms. The van der Waals surface area contributed by atoms with Gasteiger partial charge in [0.2, 0.25) is 0 Å². The van der Waals surface area contributed by atoms with Crippen LogP contribution in [0.2, 0.25) is 0 Å². The average molecular weight is 208 g/mol. The fraction of sp³-hybridized carbons (Fsp3) is 0.417. The molecule has 0 spiro atoms. The smallest absolute Gasteiger partial charge is 0.412 e. The van der Waals surface area contributed by atoms with Crippen LogP contribution in [0.4, 0.5) is 10.5 Å². The summed E-state index contributed by atoms with van der Waals surface area (Å²) in [6.45, 7) is 5.69. The first kappa shape index (κ1) is 10.0. The van der Waals surface area contributed by atoms with Gasteiger partial charge < -0.3 is 4.74 Å². The molecule has 0 unspecified atom stereocenters. The summed E-state index contributed by atoms with van der Waals surface area (Å²) in [4.78, 5) is 11.4. The Bertz CT molecular complexity index is 354. The molecule has 0 heterocycles. The fourth-order valence-corrected chi connectivity index (χ4v) is 1.01. The van der Waals surface area contributed by atoms with E-state index in [2.05, 4.69) is 5.32 Å². The van der Waals surface area contributed by atoms with Gasteiger partial charge in [-0.25, -0.2) is 4.79 Å². The number of amides is 1.